The number of hydrogen-bond acceptors (Lipinski definition) is 5. The number of benzene rings is 4. The van der Waals surface area contributed by atoms with Crippen molar-refractivity contribution in [3.8, 4) is 11.5 Å². The minimum absolute atomic E-state index is 0.0227. The van der Waals surface area contributed by atoms with Crippen molar-refractivity contribution in [3.05, 3.63) is 119 Å². The molecule has 7 heteroatoms. The Hall–Kier alpha value is -4.78. The lowest BCUT2D eigenvalue weighted by Crippen LogP contribution is -2.42. The average Bonchev–Trinajstić information content (AvgIpc) is 2.94. The Bertz CT molecular complexity index is 1500. The topological polar surface area (TPSA) is 79.9 Å². The number of anilines is 2. The van der Waals surface area contributed by atoms with E-state index in [-0.39, 0.29) is 24.6 Å². The SMILES string of the molecule is COc1ccc(C2Nc3ccccc3C(=O)N2Cc2ccccc2C)cc1COc1ccc(NC(C)=O)cc1. The number of carbonyl (C=O) groups is 2. The van der Waals surface area contributed by atoms with Crippen molar-refractivity contribution in [3.63, 3.8) is 0 Å². The molecule has 198 valence electrons. The number of hydrogen-bond donors (Lipinski definition) is 2. The van der Waals surface area contributed by atoms with Gasteiger partial charge in [0.1, 0.15) is 24.3 Å². The Labute approximate surface area is 228 Å². The standard InChI is InChI=1S/C32H31N3O4/c1-21-8-4-5-9-24(21)19-35-31(34-29-11-7-6-10-28(29)32(35)37)23-12-17-30(38-3)25(18-23)20-39-27-15-13-26(14-16-27)33-22(2)36/h4-18,31,34H,19-20H2,1-3H3,(H,33,36). The summed E-state index contributed by atoms with van der Waals surface area (Å²) in [6.45, 7) is 4.27. The molecule has 0 aromatic heterocycles. The molecular formula is C32H31N3O4. The number of methoxy groups -OCH3 is 1. The highest BCUT2D eigenvalue weighted by molar-refractivity contribution is 6.01. The van der Waals surface area contributed by atoms with Gasteiger partial charge in [0.25, 0.3) is 5.91 Å². The molecule has 0 bridgehead atoms. The third-order valence-corrected chi connectivity index (χ3v) is 6.81. The Morgan fingerprint density at radius 1 is 0.949 bits per heavy atom. The van der Waals surface area contributed by atoms with Crippen LogP contribution >= 0.6 is 0 Å². The van der Waals surface area contributed by atoms with Gasteiger partial charge in [0.2, 0.25) is 5.91 Å². The van der Waals surface area contributed by atoms with E-state index in [0.717, 1.165) is 27.9 Å². The van der Waals surface area contributed by atoms with E-state index < -0.39 is 0 Å². The highest BCUT2D eigenvalue weighted by atomic mass is 16.5. The normalized spacial score (nSPS) is 14.3. The van der Waals surface area contributed by atoms with Crippen LogP contribution in [0.3, 0.4) is 0 Å². The average molecular weight is 522 g/mol. The first kappa shape index (κ1) is 25.9. The van der Waals surface area contributed by atoms with Crippen molar-refractivity contribution < 1.29 is 19.1 Å². The summed E-state index contributed by atoms with van der Waals surface area (Å²) in [5, 5.41) is 6.33. The molecule has 1 heterocycles. The van der Waals surface area contributed by atoms with Gasteiger partial charge in [-0.3, -0.25) is 9.59 Å². The van der Waals surface area contributed by atoms with Gasteiger partial charge in [-0.25, -0.2) is 0 Å². The van der Waals surface area contributed by atoms with E-state index in [9.17, 15) is 9.59 Å². The van der Waals surface area contributed by atoms with Gasteiger partial charge in [-0.1, -0.05) is 42.5 Å². The Morgan fingerprint density at radius 3 is 2.44 bits per heavy atom. The third-order valence-electron chi connectivity index (χ3n) is 6.81. The maximum Gasteiger partial charge on any atom is 0.258 e. The first-order chi connectivity index (χ1) is 18.9. The number of para-hydroxylation sites is 1. The smallest absolute Gasteiger partial charge is 0.258 e. The molecule has 1 atom stereocenters. The molecule has 2 N–H and O–H groups in total. The van der Waals surface area contributed by atoms with E-state index in [2.05, 4.69) is 29.7 Å². The molecule has 0 saturated heterocycles. The van der Waals surface area contributed by atoms with Crippen LogP contribution in [0.15, 0.2) is 91.0 Å². The van der Waals surface area contributed by atoms with Crippen molar-refractivity contribution in [2.24, 2.45) is 0 Å². The Balaban J connectivity index is 1.44. The number of nitrogens with one attached hydrogen (secondary N) is 2. The summed E-state index contributed by atoms with van der Waals surface area (Å²) < 4.78 is 11.7. The zero-order valence-electron chi connectivity index (χ0n) is 22.2. The van der Waals surface area contributed by atoms with Crippen LogP contribution < -0.4 is 20.1 Å². The number of ether oxygens (including phenoxy) is 2. The lowest BCUT2D eigenvalue weighted by molar-refractivity contribution is -0.114. The van der Waals surface area contributed by atoms with Crippen LogP contribution in [-0.4, -0.2) is 23.8 Å². The molecule has 0 fully saturated rings. The van der Waals surface area contributed by atoms with Gasteiger partial charge in [0, 0.05) is 30.4 Å². The van der Waals surface area contributed by atoms with E-state index in [0.29, 0.717) is 29.3 Å². The highest BCUT2D eigenvalue weighted by Gasteiger charge is 2.33. The fourth-order valence-corrected chi connectivity index (χ4v) is 4.77. The lowest BCUT2D eigenvalue weighted by Gasteiger charge is -2.38. The summed E-state index contributed by atoms with van der Waals surface area (Å²) in [4.78, 5) is 26.9. The second kappa shape index (κ2) is 11.3. The van der Waals surface area contributed by atoms with Crippen molar-refractivity contribution in [1.29, 1.82) is 0 Å². The number of carbonyl (C=O) groups excluding carboxylic acids is 2. The van der Waals surface area contributed by atoms with Gasteiger partial charge in [-0.15, -0.1) is 0 Å². The summed E-state index contributed by atoms with van der Waals surface area (Å²) >= 11 is 0. The molecule has 0 aliphatic carbocycles. The molecule has 4 aromatic carbocycles. The molecule has 0 saturated carbocycles. The molecule has 0 spiro atoms. The van der Waals surface area contributed by atoms with Crippen LogP contribution in [0.5, 0.6) is 11.5 Å². The third kappa shape index (κ3) is 5.72. The van der Waals surface area contributed by atoms with Crippen molar-refractivity contribution in [1.82, 2.24) is 4.90 Å². The van der Waals surface area contributed by atoms with E-state index >= 15 is 0 Å². The largest absolute Gasteiger partial charge is 0.496 e. The minimum atomic E-state index is -0.381. The summed E-state index contributed by atoms with van der Waals surface area (Å²) in [6.07, 6.45) is -0.381. The van der Waals surface area contributed by atoms with Crippen LogP contribution in [0.2, 0.25) is 0 Å². The summed E-state index contributed by atoms with van der Waals surface area (Å²) in [5.74, 6) is 1.21. The van der Waals surface area contributed by atoms with Gasteiger partial charge in [0.15, 0.2) is 0 Å². The molecule has 2 amide bonds. The predicted molar refractivity (Wildman–Crippen MR) is 152 cm³/mol. The summed E-state index contributed by atoms with van der Waals surface area (Å²) in [6, 6.07) is 28.8. The second-order valence-corrected chi connectivity index (χ2v) is 9.52. The summed E-state index contributed by atoms with van der Waals surface area (Å²) in [5.41, 5.74) is 6.17. The molecule has 0 radical (unpaired) electrons. The fraction of sp³-hybridized carbons (Fsp3) is 0.188. The molecule has 4 aromatic rings. The second-order valence-electron chi connectivity index (χ2n) is 9.52. The van der Waals surface area contributed by atoms with Crippen LogP contribution in [0.25, 0.3) is 0 Å². The van der Waals surface area contributed by atoms with E-state index in [1.54, 1.807) is 19.2 Å². The Kier molecular flexibility index (Phi) is 7.50. The van der Waals surface area contributed by atoms with Gasteiger partial charge >= 0.3 is 0 Å². The van der Waals surface area contributed by atoms with Crippen molar-refractivity contribution >= 4 is 23.2 Å². The molecule has 39 heavy (non-hydrogen) atoms. The lowest BCUT2D eigenvalue weighted by atomic mass is 10.00. The maximum absolute atomic E-state index is 13.7. The van der Waals surface area contributed by atoms with Crippen LogP contribution in [0.4, 0.5) is 11.4 Å². The minimum Gasteiger partial charge on any atom is -0.496 e. The van der Waals surface area contributed by atoms with Gasteiger partial charge in [-0.05, 0) is 72.1 Å². The highest BCUT2D eigenvalue weighted by Crippen LogP contribution is 2.36. The van der Waals surface area contributed by atoms with Crippen molar-refractivity contribution in [2.75, 3.05) is 17.7 Å². The number of nitrogens with zero attached hydrogens (tertiary/aromatic N) is 1. The first-order valence-corrected chi connectivity index (χ1v) is 12.8. The van der Waals surface area contributed by atoms with Crippen LogP contribution in [-0.2, 0) is 17.9 Å². The molecule has 7 nitrogen and oxygen atoms in total. The van der Waals surface area contributed by atoms with Crippen LogP contribution in [0.1, 0.15) is 45.7 Å². The zero-order chi connectivity index (χ0) is 27.4. The molecular weight excluding hydrogens is 490 g/mol. The summed E-state index contributed by atoms with van der Waals surface area (Å²) in [7, 11) is 1.63. The molecule has 1 aliphatic rings. The molecule has 1 aliphatic heterocycles. The molecule has 1 unspecified atom stereocenters. The van der Waals surface area contributed by atoms with Gasteiger partial charge < -0.3 is 25.0 Å². The monoisotopic (exact) mass is 521 g/mol. The number of rotatable bonds is 8. The van der Waals surface area contributed by atoms with E-state index in [1.807, 2.05) is 71.6 Å². The maximum atomic E-state index is 13.7. The zero-order valence-corrected chi connectivity index (χ0v) is 22.2. The van der Waals surface area contributed by atoms with Gasteiger partial charge in [-0.2, -0.15) is 0 Å². The van der Waals surface area contributed by atoms with E-state index in [1.165, 1.54) is 6.92 Å². The predicted octanol–water partition coefficient (Wildman–Crippen LogP) is 6.31. The quantitative estimate of drug-likeness (QED) is 0.284. The van der Waals surface area contributed by atoms with Crippen LogP contribution in [0, 0.1) is 6.92 Å². The number of fused-ring (bicyclic) bond motifs is 1. The van der Waals surface area contributed by atoms with Crippen molar-refractivity contribution in [2.45, 2.75) is 33.2 Å². The van der Waals surface area contributed by atoms with E-state index in [4.69, 9.17) is 9.47 Å². The fourth-order valence-electron chi connectivity index (χ4n) is 4.77. The first-order valence-electron chi connectivity index (χ1n) is 12.8. The Morgan fingerprint density at radius 2 is 1.69 bits per heavy atom. The van der Waals surface area contributed by atoms with Gasteiger partial charge in [0.05, 0.1) is 12.7 Å². The molecule has 5 rings (SSSR count). The number of aryl methyl sites for hydroxylation is 1. The number of amides is 2.